The van der Waals surface area contributed by atoms with Crippen LogP contribution in [0.2, 0.25) is 0 Å². The van der Waals surface area contributed by atoms with Crippen molar-refractivity contribution in [2.24, 2.45) is 0 Å². The molecule has 0 unspecified atom stereocenters. The molecular formula is C20H36. The zero-order valence-electron chi connectivity index (χ0n) is 13.9. The summed E-state index contributed by atoms with van der Waals surface area (Å²) < 4.78 is 0. The average molecular weight is 277 g/mol. The van der Waals surface area contributed by atoms with Crippen molar-refractivity contribution < 1.29 is 0 Å². The zero-order valence-corrected chi connectivity index (χ0v) is 13.9. The summed E-state index contributed by atoms with van der Waals surface area (Å²) in [7, 11) is 0. The molecule has 0 radical (unpaired) electrons. The van der Waals surface area contributed by atoms with Gasteiger partial charge in [0.2, 0.25) is 0 Å². The Morgan fingerprint density at radius 1 is 0.450 bits per heavy atom. The first-order valence-electron chi connectivity index (χ1n) is 8.86. The van der Waals surface area contributed by atoms with Gasteiger partial charge in [-0.2, -0.15) is 0 Å². The van der Waals surface area contributed by atoms with Crippen LogP contribution in [0.5, 0.6) is 0 Å². The first kappa shape index (κ1) is 19.2. The number of hydrogen-bond donors (Lipinski definition) is 0. The van der Waals surface area contributed by atoms with Gasteiger partial charge in [-0.25, -0.2) is 0 Å². The highest BCUT2D eigenvalue weighted by molar-refractivity contribution is 4.97. The van der Waals surface area contributed by atoms with Crippen LogP contribution in [0.3, 0.4) is 0 Å². The maximum absolute atomic E-state index is 2.34. The molecule has 0 saturated carbocycles. The summed E-state index contributed by atoms with van der Waals surface area (Å²) in [4.78, 5) is 0. The monoisotopic (exact) mass is 276 g/mol. The lowest BCUT2D eigenvalue weighted by Crippen LogP contribution is -1.75. The molecule has 0 aromatic carbocycles. The van der Waals surface area contributed by atoms with Crippen molar-refractivity contribution in [1.29, 1.82) is 0 Å². The Balaban J connectivity index is 3.25. The molecule has 0 aliphatic carbocycles. The smallest absolute Gasteiger partial charge is 0.0169 e. The third-order valence-corrected chi connectivity index (χ3v) is 3.49. The first-order valence-corrected chi connectivity index (χ1v) is 8.86. The molecule has 20 heavy (non-hydrogen) atoms. The topological polar surface area (TPSA) is 0 Å². The van der Waals surface area contributed by atoms with E-state index in [2.05, 4.69) is 50.3 Å². The second-order valence-electron chi connectivity index (χ2n) is 5.58. The highest BCUT2D eigenvalue weighted by Gasteiger charge is 1.85. The van der Waals surface area contributed by atoms with Crippen LogP contribution in [0.4, 0.5) is 0 Å². The molecule has 0 saturated heterocycles. The van der Waals surface area contributed by atoms with Crippen molar-refractivity contribution in [3.63, 3.8) is 0 Å². The second kappa shape index (κ2) is 18.2. The second-order valence-corrected chi connectivity index (χ2v) is 5.58. The Morgan fingerprint density at radius 2 is 0.850 bits per heavy atom. The molecule has 0 fully saturated rings. The summed E-state index contributed by atoms with van der Waals surface area (Å²) in [5.41, 5.74) is 0. The van der Waals surface area contributed by atoms with Gasteiger partial charge in [0.15, 0.2) is 0 Å². The molecule has 0 heteroatoms. The van der Waals surface area contributed by atoms with E-state index in [1.807, 2.05) is 0 Å². The molecule has 0 aliphatic heterocycles. The lowest BCUT2D eigenvalue weighted by molar-refractivity contribution is 0.637. The minimum Gasteiger partial charge on any atom is -0.0882 e. The van der Waals surface area contributed by atoms with E-state index in [1.165, 1.54) is 64.2 Å². The van der Waals surface area contributed by atoms with Gasteiger partial charge in [-0.05, 0) is 38.5 Å². The van der Waals surface area contributed by atoms with E-state index in [-0.39, 0.29) is 0 Å². The van der Waals surface area contributed by atoms with Crippen molar-refractivity contribution in [3.05, 3.63) is 36.5 Å². The predicted octanol–water partition coefficient (Wildman–Crippen LogP) is 7.38. The van der Waals surface area contributed by atoms with E-state index in [0.29, 0.717) is 0 Å². The Bertz CT molecular complexity index is 245. The summed E-state index contributed by atoms with van der Waals surface area (Å²) in [6.07, 6.45) is 29.5. The summed E-state index contributed by atoms with van der Waals surface area (Å²) in [5.74, 6) is 0. The Kier molecular flexibility index (Phi) is 17.5. The van der Waals surface area contributed by atoms with Crippen LogP contribution in [-0.4, -0.2) is 0 Å². The minimum atomic E-state index is 1.09. The molecular weight excluding hydrogens is 240 g/mol. The molecule has 0 heterocycles. The normalized spacial score (nSPS) is 12.3. The van der Waals surface area contributed by atoms with Crippen molar-refractivity contribution >= 4 is 0 Å². The molecule has 0 aliphatic rings. The van der Waals surface area contributed by atoms with Crippen LogP contribution in [-0.2, 0) is 0 Å². The van der Waals surface area contributed by atoms with Gasteiger partial charge in [0.25, 0.3) is 0 Å². The highest BCUT2D eigenvalue weighted by atomic mass is 13.9. The molecule has 0 nitrogen and oxygen atoms in total. The quantitative estimate of drug-likeness (QED) is 0.229. The fourth-order valence-corrected chi connectivity index (χ4v) is 2.16. The van der Waals surface area contributed by atoms with Crippen molar-refractivity contribution in [2.75, 3.05) is 0 Å². The van der Waals surface area contributed by atoms with Gasteiger partial charge in [-0.3, -0.25) is 0 Å². The van der Waals surface area contributed by atoms with Crippen LogP contribution in [0, 0.1) is 0 Å². The maximum atomic E-state index is 2.34. The van der Waals surface area contributed by atoms with Gasteiger partial charge < -0.3 is 0 Å². The molecule has 0 N–H and O–H groups in total. The van der Waals surface area contributed by atoms with E-state index in [4.69, 9.17) is 0 Å². The summed E-state index contributed by atoms with van der Waals surface area (Å²) in [5, 5.41) is 0. The molecule has 0 amide bonds. The number of unbranched alkanes of at least 4 members (excludes halogenated alkanes) is 8. The lowest BCUT2D eigenvalue weighted by atomic mass is 10.1. The van der Waals surface area contributed by atoms with Crippen LogP contribution >= 0.6 is 0 Å². The van der Waals surface area contributed by atoms with Gasteiger partial charge in [-0.15, -0.1) is 0 Å². The van der Waals surface area contributed by atoms with Crippen molar-refractivity contribution in [2.45, 2.75) is 90.9 Å². The number of hydrogen-bond acceptors (Lipinski definition) is 0. The molecule has 0 bridgehead atoms. The number of allylic oxidation sites excluding steroid dienone is 6. The molecule has 0 spiro atoms. The minimum absolute atomic E-state index is 1.09. The van der Waals surface area contributed by atoms with E-state index in [9.17, 15) is 0 Å². The van der Waals surface area contributed by atoms with Crippen molar-refractivity contribution in [1.82, 2.24) is 0 Å². The summed E-state index contributed by atoms with van der Waals surface area (Å²) in [6, 6.07) is 0. The van der Waals surface area contributed by atoms with Crippen LogP contribution in [0.1, 0.15) is 90.9 Å². The molecule has 0 aromatic heterocycles. The summed E-state index contributed by atoms with van der Waals surface area (Å²) in [6.45, 7) is 4.53. The zero-order chi connectivity index (χ0) is 14.7. The van der Waals surface area contributed by atoms with Gasteiger partial charge in [-0.1, -0.05) is 88.8 Å². The predicted molar refractivity (Wildman–Crippen MR) is 94.2 cm³/mol. The Labute approximate surface area is 128 Å². The van der Waals surface area contributed by atoms with Gasteiger partial charge in [0.1, 0.15) is 0 Å². The SMILES string of the molecule is CCCCCC=CCC=CCC=CCCCCCCC. The standard InChI is InChI=1S/C20H36/c1-3-5-7-9-11-13-15-17-19-20-18-16-14-12-10-8-6-4-2/h11,13,16-19H,3-10,12,14-15,20H2,1-2H3. The summed E-state index contributed by atoms with van der Waals surface area (Å²) >= 11 is 0. The molecule has 0 rings (SSSR count). The van der Waals surface area contributed by atoms with E-state index < -0.39 is 0 Å². The van der Waals surface area contributed by atoms with Crippen molar-refractivity contribution in [3.8, 4) is 0 Å². The Morgan fingerprint density at radius 3 is 1.40 bits per heavy atom. The molecule has 0 atom stereocenters. The Hall–Kier alpha value is -0.780. The lowest BCUT2D eigenvalue weighted by Gasteiger charge is -1.95. The third kappa shape index (κ3) is 17.2. The third-order valence-electron chi connectivity index (χ3n) is 3.49. The van der Waals surface area contributed by atoms with Crippen LogP contribution in [0.15, 0.2) is 36.5 Å². The average Bonchev–Trinajstić information content (AvgIpc) is 2.47. The van der Waals surface area contributed by atoms with E-state index in [0.717, 1.165) is 12.8 Å². The number of rotatable bonds is 14. The molecule has 116 valence electrons. The van der Waals surface area contributed by atoms with Crippen LogP contribution < -0.4 is 0 Å². The fraction of sp³-hybridized carbons (Fsp3) is 0.700. The maximum Gasteiger partial charge on any atom is -0.0169 e. The van der Waals surface area contributed by atoms with Gasteiger partial charge >= 0.3 is 0 Å². The first-order chi connectivity index (χ1) is 9.91. The highest BCUT2D eigenvalue weighted by Crippen LogP contribution is 2.05. The van der Waals surface area contributed by atoms with Gasteiger partial charge in [0.05, 0.1) is 0 Å². The van der Waals surface area contributed by atoms with E-state index in [1.54, 1.807) is 0 Å². The van der Waals surface area contributed by atoms with Crippen LogP contribution in [0.25, 0.3) is 0 Å². The fourth-order valence-electron chi connectivity index (χ4n) is 2.16. The largest absolute Gasteiger partial charge is 0.0882 e. The molecule has 0 aromatic rings. The van der Waals surface area contributed by atoms with E-state index >= 15 is 0 Å². The van der Waals surface area contributed by atoms with Gasteiger partial charge in [0, 0.05) is 0 Å².